The Balaban J connectivity index is 2.05. The molecule has 6 heteroatoms. The number of hydrogen-bond donors (Lipinski definition) is 1. The van der Waals surface area contributed by atoms with Crippen molar-refractivity contribution in [1.29, 1.82) is 0 Å². The highest BCUT2D eigenvalue weighted by molar-refractivity contribution is 7.07. The normalized spacial score (nSPS) is 10.4. The maximum atomic E-state index is 12.1. The van der Waals surface area contributed by atoms with Crippen LogP contribution in [0.2, 0.25) is 0 Å². The summed E-state index contributed by atoms with van der Waals surface area (Å²) in [5.41, 5.74) is 2.76. The Morgan fingerprint density at radius 2 is 2.19 bits per heavy atom. The summed E-state index contributed by atoms with van der Waals surface area (Å²) in [4.78, 5) is 12.6. The van der Waals surface area contributed by atoms with E-state index in [9.17, 15) is 4.79 Å². The minimum Gasteiger partial charge on any atom is -0.493 e. The number of aryl methyl sites for hydroxylation is 2. The van der Waals surface area contributed by atoms with Crippen LogP contribution in [0.5, 0.6) is 5.75 Å². The Morgan fingerprint density at radius 1 is 1.38 bits per heavy atom. The van der Waals surface area contributed by atoms with E-state index < -0.39 is 0 Å². The van der Waals surface area contributed by atoms with Gasteiger partial charge in [0, 0.05) is 12.1 Å². The third-order valence-corrected chi connectivity index (χ3v) is 3.81. The van der Waals surface area contributed by atoms with Gasteiger partial charge in [-0.2, -0.15) is 0 Å². The lowest BCUT2D eigenvalue weighted by molar-refractivity contribution is 0.0954. The molecule has 0 aliphatic carbocycles. The van der Waals surface area contributed by atoms with Crippen molar-refractivity contribution in [2.45, 2.75) is 33.7 Å². The van der Waals surface area contributed by atoms with Crippen molar-refractivity contribution in [3.63, 3.8) is 0 Å². The van der Waals surface area contributed by atoms with Crippen molar-refractivity contribution >= 4 is 17.4 Å². The van der Waals surface area contributed by atoms with Gasteiger partial charge in [-0.1, -0.05) is 23.5 Å². The van der Waals surface area contributed by atoms with Crippen LogP contribution >= 0.6 is 11.5 Å². The average molecular weight is 305 g/mol. The summed E-state index contributed by atoms with van der Waals surface area (Å²) in [7, 11) is 0. The van der Waals surface area contributed by atoms with E-state index in [1.54, 1.807) is 6.92 Å². The van der Waals surface area contributed by atoms with Crippen molar-refractivity contribution in [2.75, 3.05) is 6.61 Å². The second kappa shape index (κ2) is 7.17. The number of hydrogen-bond acceptors (Lipinski definition) is 5. The summed E-state index contributed by atoms with van der Waals surface area (Å²) < 4.78 is 9.51. The maximum Gasteiger partial charge on any atom is 0.265 e. The molecular weight excluding hydrogens is 286 g/mol. The standard InChI is InChI=1S/C15H19N3O2S/c1-4-7-20-13-8-10(2)5-6-12(13)9-16-15(19)14-11(3)17-18-21-14/h5-6,8H,4,7,9H2,1-3H3,(H,16,19). The highest BCUT2D eigenvalue weighted by atomic mass is 32.1. The van der Waals surface area contributed by atoms with Crippen LogP contribution in [0.1, 0.15) is 39.8 Å². The lowest BCUT2D eigenvalue weighted by Gasteiger charge is -2.12. The number of amides is 1. The van der Waals surface area contributed by atoms with E-state index in [0.29, 0.717) is 23.7 Å². The van der Waals surface area contributed by atoms with Gasteiger partial charge in [-0.25, -0.2) is 0 Å². The molecule has 0 saturated heterocycles. The first-order valence-corrected chi connectivity index (χ1v) is 7.68. The fourth-order valence-electron chi connectivity index (χ4n) is 1.85. The Labute approximate surface area is 128 Å². The minimum absolute atomic E-state index is 0.149. The first kappa shape index (κ1) is 15.4. The molecule has 5 nitrogen and oxygen atoms in total. The van der Waals surface area contributed by atoms with Crippen molar-refractivity contribution in [3.05, 3.63) is 39.9 Å². The number of benzene rings is 1. The number of carbonyl (C=O) groups is 1. The molecule has 0 fully saturated rings. The zero-order valence-electron chi connectivity index (χ0n) is 12.5. The number of nitrogens with zero attached hydrogens (tertiary/aromatic N) is 2. The average Bonchev–Trinajstić information content (AvgIpc) is 2.90. The van der Waals surface area contributed by atoms with Gasteiger partial charge in [0.25, 0.3) is 5.91 Å². The number of carbonyl (C=O) groups excluding carboxylic acids is 1. The predicted octanol–water partition coefficient (Wildman–Crippen LogP) is 2.87. The van der Waals surface area contributed by atoms with E-state index >= 15 is 0 Å². The summed E-state index contributed by atoms with van der Waals surface area (Å²) >= 11 is 1.11. The first-order chi connectivity index (χ1) is 10.1. The maximum absolute atomic E-state index is 12.1. The van der Waals surface area contributed by atoms with Crippen molar-refractivity contribution in [3.8, 4) is 5.75 Å². The molecule has 1 amide bonds. The van der Waals surface area contributed by atoms with E-state index in [1.807, 2.05) is 25.1 Å². The molecule has 2 rings (SSSR count). The fourth-order valence-corrected chi connectivity index (χ4v) is 2.42. The molecule has 0 saturated carbocycles. The van der Waals surface area contributed by atoms with E-state index in [0.717, 1.165) is 34.8 Å². The van der Waals surface area contributed by atoms with Crippen LogP contribution in [0.4, 0.5) is 0 Å². The van der Waals surface area contributed by atoms with Gasteiger partial charge in [-0.05, 0) is 43.4 Å². The largest absolute Gasteiger partial charge is 0.493 e. The molecule has 112 valence electrons. The lowest BCUT2D eigenvalue weighted by Crippen LogP contribution is -2.23. The van der Waals surface area contributed by atoms with Crippen LogP contribution in [-0.2, 0) is 6.54 Å². The van der Waals surface area contributed by atoms with Gasteiger partial charge in [-0.3, -0.25) is 4.79 Å². The van der Waals surface area contributed by atoms with Gasteiger partial charge in [0.1, 0.15) is 10.6 Å². The first-order valence-electron chi connectivity index (χ1n) is 6.91. The zero-order chi connectivity index (χ0) is 15.2. The quantitative estimate of drug-likeness (QED) is 0.891. The Morgan fingerprint density at radius 3 is 2.86 bits per heavy atom. The second-order valence-corrected chi connectivity index (χ2v) is 5.58. The van der Waals surface area contributed by atoms with E-state index in [1.165, 1.54) is 0 Å². The summed E-state index contributed by atoms with van der Waals surface area (Å²) in [6.07, 6.45) is 0.950. The smallest absolute Gasteiger partial charge is 0.265 e. The SMILES string of the molecule is CCCOc1cc(C)ccc1CNC(=O)c1snnc1C. The molecule has 0 spiro atoms. The second-order valence-electron chi connectivity index (χ2n) is 4.83. The minimum atomic E-state index is -0.149. The Bertz CT molecular complexity index is 625. The van der Waals surface area contributed by atoms with Gasteiger partial charge in [-0.15, -0.1) is 5.10 Å². The van der Waals surface area contributed by atoms with Crippen molar-refractivity contribution in [1.82, 2.24) is 14.9 Å². The third-order valence-electron chi connectivity index (χ3n) is 2.98. The highest BCUT2D eigenvalue weighted by Gasteiger charge is 2.13. The number of ether oxygens (including phenoxy) is 1. The molecule has 0 aliphatic rings. The fraction of sp³-hybridized carbons (Fsp3) is 0.400. The van der Waals surface area contributed by atoms with Crippen LogP contribution in [-0.4, -0.2) is 22.1 Å². The van der Waals surface area contributed by atoms with Gasteiger partial charge >= 0.3 is 0 Å². The predicted molar refractivity (Wildman–Crippen MR) is 82.8 cm³/mol. The Kier molecular flexibility index (Phi) is 5.27. The van der Waals surface area contributed by atoms with Crippen molar-refractivity contribution < 1.29 is 9.53 Å². The zero-order valence-corrected chi connectivity index (χ0v) is 13.3. The molecule has 21 heavy (non-hydrogen) atoms. The molecular formula is C15H19N3O2S. The van der Waals surface area contributed by atoms with Gasteiger partial charge in [0.05, 0.1) is 12.3 Å². The van der Waals surface area contributed by atoms with E-state index in [2.05, 4.69) is 21.8 Å². The molecule has 1 N–H and O–H groups in total. The highest BCUT2D eigenvalue weighted by Crippen LogP contribution is 2.21. The van der Waals surface area contributed by atoms with Crippen LogP contribution in [0.3, 0.4) is 0 Å². The van der Waals surface area contributed by atoms with E-state index in [4.69, 9.17) is 4.74 Å². The molecule has 1 aromatic carbocycles. The monoisotopic (exact) mass is 305 g/mol. The van der Waals surface area contributed by atoms with Gasteiger partial charge in [0.2, 0.25) is 0 Å². The number of aromatic nitrogens is 2. The van der Waals surface area contributed by atoms with Gasteiger partial charge < -0.3 is 10.1 Å². The number of nitrogens with one attached hydrogen (secondary N) is 1. The van der Waals surface area contributed by atoms with Crippen molar-refractivity contribution in [2.24, 2.45) is 0 Å². The van der Waals surface area contributed by atoms with Crippen LogP contribution in [0, 0.1) is 13.8 Å². The summed E-state index contributed by atoms with van der Waals surface area (Å²) in [5.74, 6) is 0.681. The topological polar surface area (TPSA) is 64.1 Å². The molecule has 1 aromatic heterocycles. The van der Waals surface area contributed by atoms with E-state index in [-0.39, 0.29) is 5.91 Å². The van der Waals surface area contributed by atoms with Crippen LogP contribution < -0.4 is 10.1 Å². The molecule has 0 aliphatic heterocycles. The lowest BCUT2D eigenvalue weighted by atomic mass is 10.1. The molecule has 2 aromatic rings. The van der Waals surface area contributed by atoms with Gasteiger partial charge in [0.15, 0.2) is 0 Å². The molecule has 0 atom stereocenters. The van der Waals surface area contributed by atoms with Crippen LogP contribution in [0.25, 0.3) is 0 Å². The summed E-state index contributed by atoms with van der Waals surface area (Å²) in [6, 6.07) is 5.99. The summed E-state index contributed by atoms with van der Waals surface area (Å²) in [6.45, 7) is 6.96. The molecule has 1 heterocycles. The molecule has 0 radical (unpaired) electrons. The molecule has 0 unspecified atom stereocenters. The Hall–Kier alpha value is -1.95. The number of rotatable bonds is 6. The molecule has 0 bridgehead atoms. The van der Waals surface area contributed by atoms with Crippen LogP contribution in [0.15, 0.2) is 18.2 Å². The summed E-state index contributed by atoms with van der Waals surface area (Å²) in [5, 5.41) is 6.74. The third kappa shape index (κ3) is 4.01.